The van der Waals surface area contributed by atoms with E-state index in [1.54, 1.807) is 0 Å². The van der Waals surface area contributed by atoms with Crippen LogP contribution in [-0.4, -0.2) is 40.7 Å². The first-order chi connectivity index (χ1) is 14.3. The van der Waals surface area contributed by atoms with E-state index in [-0.39, 0.29) is 18.3 Å². The van der Waals surface area contributed by atoms with Crippen LogP contribution in [0, 0.1) is 6.92 Å². The number of pyridine rings is 1. The fourth-order valence-electron chi connectivity index (χ4n) is 4.05. The van der Waals surface area contributed by atoms with Gasteiger partial charge in [0.15, 0.2) is 0 Å². The lowest BCUT2D eigenvalue weighted by Crippen LogP contribution is -2.42. The molecule has 4 rings (SSSR count). The number of anilines is 1. The molecule has 0 radical (unpaired) electrons. The van der Waals surface area contributed by atoms with E-state index in [1.165, 1.54) is 13.2 Å². The Morgan fingerprint density at radius 1 is 1.30 bits per heavy atom. The number of aromatic nitrogens is 3. The summed E-state index contributed by atoms with van der Waals surface area (Å²) < 4.78 is 46.5. The molecular formula is C21H21F3N4O2. The van der Waals surface area contributed by atoms with E-state index >= 15 is 0 Å². The number of halogens is 3. The Labute approximate surface area is 171 Å². The Kier molecular flexibility index (Phi) is 4.91. The zero-order valence-electron chi connectivity index (χ0n) is 16.8. The van der Waals surface area contributed by atoms with Crippen LogP contribution in [0.5, 0.6) is 5.75 Å². The van der Waals surface area contributed by atoms with Crippen molar-refractivity contribution in [2.45, 2.75) is 39.0 Å². The minimum Gasteiger partial charge on any atom is -0.496 e. The van der Waals surface area contributed by atoms with Crippen molar-refractivity contribution < 1.29 is 22.7 Å². The molecule has 1 aliphatic rings. The van der Waals surface area contributed by atoms with Crippen molar-refractivity contribution in [3.05, 3.63) is 35.5 Å². The van der Waals surface area contributed by atoms with Crippen molar-refractivity contribution in [2.24, 2.45) is 0 Å². The van der Waals surface area contributed by atoms with E-state index in [0.717, 1.165) is 41.7 Å². The molecule has 1 aliphatic heterocycles. The maximum Gasteiger partial charge on any atom is 0.416 e. The number of benzene rings is 1. The van der Waals surface area contributed by atoms with Crippen LogP contribution in [0.15, 0.2) is 24.3 Å². The highest BCUT2D eigenvalue weighted by atomic mass is 19.4. The van der Waals surface area contributed by atoms with Crippen molar-refractivity contribution in [1.82, 2.24) is 14.8 Å². The molecule has 0 amide bonds. The quantitative estimate of drug-likeness (QED) is 0.581. The second kappa shape index (κ2) is 7.30. The fourth-order valence-corrected chi connectivity index (χ4v) is 4.05. The van der Waals surface area contributed by atoms with Crippen molar-refractivity contribution in [2.75, 3.05) is 18.6 Å². The average molecular weight is 418 g/mol. The van der Waals surface area contributed by atoms with Crippen LogP contribution in [0.4, 0.5) is 18.9 Å². The third-order valence-corrected chi connectivity index (χ3v) is 5.46. The van der Waals surface area contributed by atoms with E-state index in [0.29, 0.717) is 23.3 Å². The number of nitrogens with zero attached hydrogens (tertiary/aromatic N) is 4. The molecule has 3 aromatic rings. The predicted molar refractivity (Wildman–Crippen MR) is 107 cm³/mol. The molecular weight excluding hydrogens is 397 g/mol. The van der Waals surface area contributed by atoms with E-state index in [2.05, 4.69) is 4.98 Å². The van der Waals surface area contributed by atoms with E-state index < -0.39 is 11.7 Å². The largest absolute Gasteiger partial charge is 0.496 e. The van der Waals surface area contributed by atoms with Gasteiger partial charge in [0.2, 0.25) is 0 Å². The topological polar surface area (TPSA) is 60.2 Å². The van der Waals surface area contributed by atoms with Gasteiger partial charge in [-0.25, -0.2) is 4.98 Å². The van der Waals surface area contributed by atoms with Crippen molar-refractivity contribution >= 4 is 23.0 Å². The highest BCUT2D eigenvalue weighted by molar-refractivity contribution is 5.99. The summed E-state index contributed by atoms with van der Waals surface area (Å²) in [6, 6.07) is 5.36. The number of ether oxygens (including phenoxy) is 1. The Morgan fingerprint density at radius 3 is 2.70 bits per heavy atom. The number of hydrogen-bond donors (Lipinski definition) is 0. The molecule has 0 saturated heterocycles. The Hall–Kier alpha value is -3.10. The van der Waals surface area contributed by atoms with Crippen LogP contribution in [-0.2, 0) is 17.5 Å². The zero-order valence-corrected chi connectivity index (χ0v) is 16.8. The number of methoxy groups -OCH3 is 1. The summed E-state index contributed by atoms with van der Waals surface area (Å²) in [4.78, 5) is 18.0. The molecule has 1 atom stereocenters. The monoisotopic (exact) mass is 418 g/mol. The maximum atomic E-state index is 13.1. The number of hydrogen-bond acceptors (Lipinski definition) is 5. The van der Waals surface area contributed by atoms with E-state index in [4.69, 9.17) is 9.84 Å². The van der Waals surface area contributed by atoms with Crippen molar-refractivity contribution in [3.8, 4) is 17.0 Å². The van der Waals surface area contributed by atoms with Gasteiger partial charge in [0.05, 0.1) is 31.5 Å². The van der Waals surface area contributed by atoms with Crippen LogP contribution < -0.4 is 9.64 Å². The fraction of sp³-hybridized carbons (Fsp3) is 0.381. The second-order valence-electron chi connectivity index (χ2n) is 7.30. The molecule has 3 heterocycles. The molecule has 0 N–H and O–H groups in total. The number of aldehydes is 1. The molecule has 0 fully saturated rings. The summed E-state index contributed by atoms with van der Waals surface area (Å²) in [7, 11) is 1.33. The average Bonchev–Trinajstić information content (AvgIpc) is 3.07. The number of aryl methyl sites for hydroxylation is 1. The van der Waals surface area contributed by atoms with Crippen LogP contribution in [0.1, 0.15) is 24.6 Å². The van der Waals surface area contributed by atoms with Crippen molar-refractivity contribution in [1.29, 1.82) is 0 Å². The Bertz CT molecular complexity index is 1120. The molecule has 0 aliphatic carbocycles. The molecule has 9 heteroatoms. The van der Waals surface area contributed by atoms with Gasteiger partial charge < -0.3 is 14.4 Å². The molecule has 0 saturated carbocycles. The van der Waals surface area contributed by atoms with Gasteiger partial charge in [-0.15, -0.1) is 0 Å². The summed E-state index contributed by atoms with van der Waals surface area (Å²) in [5.74, 6) is 0.0808. The van der Waals surface area contributed by atoms with Crippen LogP contribution in [0.25, 0.3) is 22.3 Å². The zero-order chi connectivity index (χ0) is 21.6. The lowest BCUT2D eigenvalue weighted by atomic mass is 10.0. The summed E-state index contributed by atoms with van der Waals surface area (Å²) >= 11 is 0. The molecule has 1 aromatic carbocycles. The highest BCUT2D eigenvalue weighted by Crippen LogP contribution is 2.42. The Morgan fingerprint density at radius 2 is 2.07 bits per heavy atom. The second-order valence-corrected chi connectivity index (χ2v) is 7.30. The lowest BCUT2D eigenvalue weighted by Gasteiger charge is -2.36. The highest BCUT2D eigenvalue weighted by Gasteiger charge is 2.33. The number of alkyl halides is 3. The van der Waals surface area contributed by atoms with Gasteiger partial charge in [-0.05, 0) is 37.6 Å². The van der Waals surface area contributed by atoms with Crippen LogP contribution in [0.2, 0.25) is 0 Å². The number of carbonyl (C=O) groups is 1. The molecule has 30 heavy (non-hydrogen) atoms. The van der Waals surface area contributed by atoms with Gasteiger partial charge in [0, 0.05) is 17.3 Å². The summed E-state index contributed by atoms with van der Waals surface area (Å²) in [6.45, 7) is 4.69. The summed E-state index contributed by atoms with van der Waals surface area (Å²) in [5, 5.41) is 4.70. The normalized spacial score (nSPS) is 16.2. The lowest BCUT2D eigenvalue weighted by molar-refractivity contribution is -0.137. The molecule has 158 valence electrons. The third kappa shape index (κ3) is 3.18. The molecule has 0 bridgehead atoms. The van der Waals surface area contributed by atoms with Gasteiger partial charge in [-0.2, -0.15) is 18.3 Å². The minimum atomic E-state index is -4.47. The van der Waals surface area contributed by atoms with Gasteiger partial charge >= 0.3 is 6.18 Å². The minimum absolute atomic E-state index is 0.0787. The summed E-state index contributed by atoms with van der Waals surface area (Å²) in [6.07, 6.45) is -2.78. The third-order valence-electron chi connectivity index (χ3n) is 5.46. The molecule has 1 unspecified atom stereocenters. The standard InChI is InChI=1S/C21H21F3N4O2/c1-4-14-11-28-20-16(27(14)7-8-29)9-12(2)25-19(20)18(26-28)15-6-5-13(21(22,23)24)10-17(15)30-3/h5-6,8-10,14H,4,7,11H2,1-3H3. The first kappa shape index (κ1) is 20.2. The smallest absolute Gasteiger partial charge is 0.416 e. The predicted octanol–water partition coefficient (Wildman–Crippen LogP) is 4.23. The van der Waals surface area contributed by atoms with Gasteiger partial charge in [-0.1, -0.05) is 6.92 Å². The van der Waals surface area contributed by atoms with E-state index in [9.17, 15) is 18.0 Å². The molecule has 0 spiro atoms. The van der Waals surface area contributed by atoms with Gasteiger partial charge in [-0.3, -0.25) is 4.68 Å². The molecule has 6 nitrogen and oxygen atoms in total. The van der Waals surface area contributed by atoms with Crippen molar-refractivity contribution in [3.63, 3.8) is 0 Å². The molecule has 2 aromatic heterocycles. The first-order valence-corrected chi connectivity index (χ1v) is 9.62. The maximum absolute atomic E-state index is 13.1. The van der Waals surface area contributed by atoms with Gasteiger partial charge in [0.1, 0.15) is 28.8 Å². The first-order valence-electron chi connectivity index (χ1n) is 9.62. The van der Waals surface area contributed by atoms with Gasteiger partial charge in [0.25, 0.3) is 0 Å². The van der Waals surface area contributed by atoms with Crippen LogP contribution >= 0.6 is 0 Å². The number of carbonyl (C=O) groups excluding carboxylic acids is 1. The van der Waals surface area contributed by atoms with E-state index in [1.807, 2.05) is 29.5 Å². The number of rotatable bonds is 5. The Balaban J connectivity index is 1.96. The van der Waals surface area contributed by atoms with Crippen LogP contribution in [0.3, 0.4) is 0 Å². The summed E-state index contributed by atoms with van der Waals surface area (Å²) in [5.41, 5.74) is 3.05. The SMILES string of the molecule is CCC1Cn2nc(-c3ccc(C(F)(F)F)cc3OC)c3nc(C)cc(c32)N1CC=O.